The predicted octanol–water partition coefficient (Wildman–Crippen LogP) is 4.47. The molecule has 1 atom stereocenters. The van der Waals surface area contributed by atoms with Gasteiger partial charge in [0.25, 0.3) is 0 Å². The first-order valence-corrected chi connectivity index (χ1v) is 12.3. The van der Waals surface area contributed by atoms with E-state index in [1.54, 1.807) is 7.05 Å². The van der Waals surface area contributed by atoms with E-state index in [1.165, 1.54) is 10.6 Å². The van der Waals surface area contributed by atoms with Gasteiger partial charge in [0.15, 0.2) is 0 Å². The number of rotatable bonds is 5. The van der Waals surface area contributed by atoms with Crippen LogP contribution < -0.4 is 9.62 Å². The Labute approximate surface area is 183 Å². The van der Waals surface area contributed by atoms with Crippen molar-refractivity contribution in [2.75, 3.05) is 17.6 Å². The Morgan fingerprint density at radius 3 is 2.45 bits per heavy atom. The monoisotopic (exact) mass is 431 g/mol. The molecule has 2 aromatic carbocycles. The first-order chi connectivity index (χ1) is 14.9. The van der Waals surface area contributed by atoms with Gasteiger partial charge in [-0.05, 0) is 59.4 Å². The standard InChI is InChI=1S/C25H25N3O2S/c1-28(31(2,29)30)21-12-8-18-9-13-24-23(25(22(18)15-21)27-20-10-11-20)14-19(16-26-24)17-6-4-3-5-7-17/h3-9,12-16,20,25,27H,10-11H2,1-2H3. The minimum Gasteiger partial charge on any atom is -0.303 e. The highest BCUT2D eigenvalue weighted by atomic mass is 32.2. The molecule has 1 heterocycles. The minimum absolute atomic E-state index is 0.0587. The lowest BCUT2D eigenvalue weighted by Crippen LogP contribution is -2.27. The van der Waals surface area contributed by atoms with Crippen molar-refractivity contribution in [3.63, 3.8) is 0 Å². The summed E-state index contributed by atoms with van der Waals surface area (Å²) < 4.78 is 25.6. The maximum atomic E-state index is 12.1. The van der Waals surface area contributed by atoms with Gasteiger partial charge in [-0.2, -0.15) is 0 Å². The number of hydrogen-bond acceptors (Lipinski definition) is 4. The van der Waals surface area contributed by atoms with Crippen molar-refractivity contribution >= 4 is 27.9 Å². The summed E-state index contributed by atoms with van der Waals surface area (Å²) in [5, 5.41) is 3.78. The van der Waals surface area contributed by atoms with E-state index in [9.17, 15) is 8.42 Å². The molecule has 6 heteroatoms. The Kier molecular flexibility index (Phi) is 4.91. The second-order valence-electron chi connectivity index (χ2n) is 8.32. The topological polar surface area (TPSA) is 62.3 Å². The molecule has 0 aliphatic heterocycles. The number of benzene rings is 2. The molecule has 0 bridgehead atoms. The Morgan fingerprint density at radius 1 is 0.968 bits per heavy atom. The highest BCUT2D eigenvalue weighted by Gasteiger charge is 2.30. The summed E-state index contributed by atoms with van der Waals surface area (Å²) in [6, 6.07) is 18.7. The number of nitrogens with one attached hydrogen (secondary N) is 1. The molecule has 2 aliphatic rings. The summed E-state index contributed by atoms with van der Waals surface area (Å²) in [5.41, 5.74) is 7.05. The molecule has 1 N–H and O–H groups in total. The molecule has 1 unspecified atom stereocenters. The molecular weight excluding hydrogens is 406 g/mol. The molecule has 1 fully saturated rings. The highest BCUT2D eigenvalue weighted by Crippen LogP contribution is 2.38. The van der Waals surface area contributed by atoms with Gasteiger partial charge in [-0.3, -0.25) is 9.29 Å². The molecule has 0 spiro atoms. The van der Waals surface area contributed by atoms with Gasteiger partial charge in [-0.1, -0.05) is 42.5 Å². The van der Waals surface area contributed by atoms with Crippen molar-refractivity contribution in [2.45, 2.75) is 24.9 Å². The quantitative estimate of drug-likeness (QED) is 0.647. The molecule has 1 aromatic heterocycles. The summed E-state index contributed by atoms with van der Waals surface area (Å²) in [6.07, 6.45) is 9.59. The van der Waals surface area contributed by atoms with Gasteiger partial charge in [-0.25, -0.2) is 8.42 Å². The van der Waals surface area contributed by atoms with Crippen LogP contribution in [0, 0.1) is 0 Å². The molecule has 5 rings (SSSR count). The van der Waals surface area contributed by atoms with E-state index in [0.717, 1.165) is 46.4 Å². The fourth-order valence-electron chi connectivity index (χ4n) is 4.00. The number of nitrogens with zero attached hydrogens (tertiary/aromatic N) is 2. The fraction of sp³-hybridized carbons (Fsp3) is 0.240. The summed E-state index contributed by atoms with van der Waals surface area (Å²) in [7, 11) is -1.75. The molecule has 0 amide bonds. The average Bonchev–Trinajstić information content (AvgIpc) is 3.61. The highest BCUT2D eigenvalue weighted by molar-refractivity contribution is 7.92. The summed E-state index contributed by atoms with van der Waals surface area (Å²) in [6.45, 7) is 0. The van der Waals surface area contributed by atoms with Crippen LogP contribution >= 0.6 is 0 Å². The van der Waals surface area contributed by atoms with Crippen molar-refractivity contribution in [1.29, 1.82) is 0 Å². The molecule has 2 aliphatic carbocycles. The largest absolute Gasteiger partial charge is 0.303 e. The van der Waals surface area contributed by atoms with Gasteiger partial charge in [0.2, 0.25) is 10.0 Å². The van der Waals surface area contributed by atoms with E-state index in [-0.39, 0.29) is 6.04 Å². The zero-order chi connectivity index (χ0) is 21.6. The first-order valence-electron chi connectivity index (χ1n) is 10.5. The van der Waals surface area contributed by atoms with Crippen molar-refractivity contribution in [3.05, 3.63) is 83.2 Å². The molecule has 158 valence electrons. The maximum Gasteiger partial charge on any atom is 0.231 e. The van der Waals surface area contributed by atoms with Gasteiger partial charge in [-0.15, -0.1) is 0 Å². The Hall–Kier alpha value is -2.96. The Balaban J connectivity index is 1.65. The van der Waals surface area contributed by atoms with E-state index < -0.39 is 10.0 Å². The van der Waals surface area contributed by atoms with Crippen LogP contribution in [0.15, 0.2) is 60.8 Å². The molecule has 1 saturated carbocycles. The van der Waals surface area contributed by atoms with E-state index in [4.69, 9.17) is 4.98 Å². The van der Waals surface area contributed by atoms with E-state index in [1.807, 2.05) is 42.6 Å². The summed E-state index contributed by atoms with van der Waals surface area (Å²) in [4.78, 5) is 4.78. The van der Waals surface area contributed by atoms with Gasteiger partial charge in [0.05, 0.1) is 23.7 Å². The van der Waals surface area contributed by atoms with Crippen LogP contribution in [0.4, 0.5) is 5.69 Å². The third-order valence-corrected chi connectivity index (χ3v) is 7.22. The second-order valence-corrected chi connectivity index (χ2v) is 10.3. The van der Waals surface area contributed by atoms with Crippen molar-refractivity contribution < 1.29 is 8.42 Å². The van der Waals surface area contributed by atoms with Crippen molar-refractivity contribution in [2.24, 2.45) is 0 Å². The molecule has 3 aromatic rings. The summed E-state index contributed by atoms with van der Waals surface area (Å²) in [5.74, 6) is 0. The Bertz CT molecular complexity index is 1270. The van der Waals surface area contributed by atoms with Gasteiger partial charge in [0, 0.05) is 24.8 Å². The third-order valence-electron chi connectivity index (χ3n) is 6.01. The Morgan fingerprint density at radius 2 is 1.74 bits per heavy atom. The lowest BCUT2D eigenvalue weighted by molar-refractivity contribution is 0.596. The zero-order valence-corrected chi connectivity index (χ0v) is 18.4. The van der Waals surface area contributed by atoms with Crippen molar-refractivity contribution in [1.82, 2.24) is 10.3 Å². The number of sulfonamides is 1. The number of fused-ring (bicyclic) bond motifs is 2. The van der Waals surface area contributed by atoms with Crippen LogP contribution in [-0.2, 0) is 10.0 Å². The van der Waals surface area contributed by atoms with E-state index in [2.05, 4.69) is 35.7 Å². The fourth-order valence-corrected chi connectivity index (χ4v) is 4.50. The molecule has 0 saturated heterocycles. The second kappa shape index (κ2) is 7.62. The maximum absolute atomic E-state index is 12.1. The van der Waals surface area contributed by atoms with Gasteiger partial charge >= 0.3 is 0 Å². The van der Waals surface area contributed by atoms with Crippen LogP contribution in [0.2, 0.25) is 0 Å². The van der Waals surface area contributed by atoms with Crippen molar-refractivity contribution in [3.8, 4) is 11.1 Å². The van der Waals surface area contributed by atoms with Crippen LogP contribution in [0.1, 0.15) is 41.3 Å². The van der Waals surface area contributed by atoms with Crippen LogP contribution in [0.25, 0.3) is 23.3 Å². The van der Waals surface area contributed by atoms with E-state index in [0.29, 0.717) is 11.7 Å². The SMILES string of the molecule is CN(c1ccc2c(c1)C(NC1CC1)c1cc(-c3ccccc3)cnc1C=C2)S(C)(=O)=O. The predicted molar refractivity (Wildman–Crippen MR) is 126 cm³/mol. The van der Waals surface area contributed by atoms with Gasteiger partial charge < -0.3 is 5.32 Å². The lowest BCUT2D eigenvalue weighted by atomic mass is 9.93. The normalized spacial score (nSPS) is 17.5. The smallest absolute Gasteiger partial charge is 0.231 e. The van der Waals surface area contributed by atoms with Crippen LogP contribution in [0.5, 0.6) is 0 Å². The number of aromatic nitrogens is 1. The minimum atomic E-state index is -3.34. The summed E-state index contributed by atoms with van der Waals surface area (Å²) >= 11 is 0. The van der Waals surface area contributed by atoms with Crippen LogP contribution in [-0.4, -0.2) is 32.7 Å². The molecular formula is C25H25N3O2S. The lowest BCUT2D eigenvalue weighted by Gasteiger charge is -2.24. The average molecular weight is 432 g/mol. The molecule has 31 heavy (non-hydrogen) atoms. The van der Waals surface area contributed by atoms with Crippen LogP contribution in [0.3, 0.4) is 0 Å². The number of hydrogen-bond donors (Lipinski definition) is 1. The molecule has 5 nitrogen and oxygen atoms in total. The van der Waals surface area contributed by atoms with Gasteiger partial charge in [0.1, 0.15) is 0 Å². The number of pyridine rings is 1. The number of anilines is 1. The zero-order valence-electron chi connectivity index (χ0n) is 17.6. The first kappa shape index (κ1) is 20.0. The molecule has 0 radical (unpaired) electrons. The van der Waals surface area contributed by atoms with E-state index >= 15 is 0 Å². The third kappa shape index (κ3) is 4.01.